The number of rotatable bonds is 5. The number of anilines is 2. The van der Waals surface area contributed by atoms with E-state index in [4.69, 9.17) is 4.74 Å². The Bertz CT molecular complexity index is 1330. The van der Waals surface area contributed by atoms with E-state index in [1.807, 2.05) is 61.5 Å². The summed E-state index contributed by atoms with van der Waals surface area (Å²) in [7, 11) is 0. The Hall–Kier alpha value is -3.56. The molecule has 0 spiro atoms. The zero-order valence-electron chi connectivity index (χ0n) is 19.7. The highest BCUT2D eigenvalue weighted by Crippen LogP contribution is 2.51. The van der Waals surface area contributed by atoms with Crippen LogP contribution in [0.4, 0.5) is 16.2 Å². The Morgan fingerprint density at radius 2 is 1.97 bits per heavy atom. The summed E-state index contributed by atoms with van der Waals surface area (Å²) in [6.07, 6.45) is 3.49. The Labute approximate surface area is 213 Å². The van der Waals surface area contributed by atoms with E-state index in [0.717, 1.165) is 46.1 Å². The fraction of sp³-hybridized carbons (Fsp3) is 0.296. The number of aliphatic hydroxyl groups excluding tert-OH is 1. The van der Waals surface area contributed by atoms with E-state index in [2.05, 4.69) is 15.6 Å². The predicted octanol–water partition coefficient (Wildman–Crippen LogP) is 4.59. The summed E-state index contributed by atoms with van der Waals surface area (Å²) in [5, 5.41) is 16.4. The number of urea groups is 1. The Kier molecular flexibility index (Phi) is 5.81. The molecule has 8 nitrogen and oxygen atoms in total. The number of aliphatic hydroxyl groups is 1. The molecule has 0 radical (unpaired) electrons. The van der Waals surface area contributed by atoms with Crippen molar-refractivity contribution in [2.75, 3.05) is 4.90 Å². The van der Waals surface area contributed by atoms with Gasteiger partial charge in [0.05, 0.1) is 29.6 Å². The monoisotopic (exact) mass is 502 g/mol. The number of benzene rings is 2. The summed E-state index contributed by atoms with van der Waals surface area (Å²) in [4.78, 5) is 32.7. The molecule has 4 atom stereocenters. The number of nitrogens with zero attached hydrogens (tertiary/aromatic N) is 2. The minimum atomic E-state index is -0.546. The first-order chi connectivity index (χ1) is 17.5. The minimum absolute atomic E-state index is 0.188. The van der Waals surface area contributed by atoms with Crippen LogP contribution in [0.3, 0.4) is 0 Å². The van der Waals surface area contributed by atoms with Crippen molar-refractivity contribution in [3.05, 3.63) is 71.9 Å². The average molecular weight is 503 g/mol. The van der Waals surface area contributed by atoms with Crippen molar-refractivity contribution in [2.45, 2.75) is 54.6 Å². The van der Waals surface area contributed by atoms with E-state index in [1.165, 1.54) is 11.8 Å². The predicted molar refractivity (Wildman–Crippen MR) is 137 cm³/mol. The van der Waals surface area contributed by atoms with Crippen molar-refractivity contribution >= 4 is 35.1 Å². The van der Waals surface area contributed by atoms with E-state index in [1.54, 1.807) is 11.1 Å². The number of thioether (sulfide) groups is 1. The second kappa shape index (κ2) is 9.15. The maximum atomic E-state index is 13.4. The number of ether oxygens (including phenoxy) is 1. The lowest BCUT2D eigenvalue weighted by atomic mass is 9.99. The SMILES string of the molecule is Cc1cc(Oc2ccccc2)ccc1N1C(=O)NC2c3c1ccnc3SC2C(=O)N[C@@H]1CCC[C@@H]1O. The van der Waals surface area contributed by atoms with Crippen LogP contribution in [-0.2, 0) is 4.79 Å². The van der Waals surface area contributed by atoms with Gasteiger partial charge in [0.15, 0.2) is 0 Å². The van der Waals surface area contributed by atoms with E-state index < -0.39 is 17.4 Å². The van der Waals surface area contributed by atoms with Crippen molar-refractivity contribution in [3.63, 3.8) is 0 Å². The third kappa shape index (κ3) is 3.98. The quantitative estimate of drug-likeness (QED) is 0.472. The maximum absolute atomic E-state index is 13.4. The molecule has 184 valence electrons. The van der Waals surface area contributed by atoms with Gasteiger partial charge in [-0.1, -0.05) is 30.0 Å². The first kappa shape index (κ1) is 22.9. The molecule has 1 aliphatic carbocycles. The second-order valence-electron chi connectivity index (χ2n) is 9.33. The molecular weight excluding hydrogens is 476 g/mol. The molecule has 3 aromatic rings. The molecule has 6 rings (SSSR count). The fourth-order valence-electron chi connectivity index (χ4n) is 5.20. The zero-order valence-corrected chi connectivity index (χ0v) is 20.5. The summed E-state index contributed by atoms with van der Waals surface area (Å²) >= 11 is 1.36. The molecule has 0 saturated heterocycles. The van der Waals surface area contributed by atoms with Crippen molar-refractivity contribution in [1.29, 1.82) is 0 Å². The van der Waals surface area contributed by atoms with Gasteiger partial charge < -0.3 is 20.5 Å². The van der Waals surface area contributed by atoms with Crippen LogP contribution in [0.25, 0.3) is 0 Å². The van der Waals surface area contributed by atoms with Gasteiger partial charge in [-0.3, -0.25) is 9.69 Å². The lowest BCUT2D eigenvalue weighted by Gasteiger charge is -2.35. The number of hydrogen-bond acceptors (Lipinski definition) is 6. The highest BCUT2D eigenvalue weighted by molar-refractivity contribution is 8.01. The van der Waals surface area contributed by atoms with Gasteiger partial charge in [-0.15, -0.1) is 0 Å². The van der Waals surface area contributed by atoms with Gasteiger partial charge in [-0.05, 0) is 68.1 Å². The van der Waals surface area contributed by atoms with E-state index >= 15 is 0 Å². The number of carbonyl (C=O) groups is 2. The van der Waals surface area contributed by atoms with Gasteiger partial charge in [0.25, 0.3) is 0 Å². The Morgan fingerprint density at radius 3 is 2.72 bits per heavy atom. The topological polar surface area (TPSA) is 104 Å². The average Bonchev–Trinajstić information content (AvgIpc) is 3.45. The third-order valence-corrected chi connectivity index (χ3v) is 8.25. The van der Waals surface area contributed by atoms with Crippen molar-refractivity contribution in [3.8, 4) is 11.5 Å². The highest BCUT2D eigenvalue weighted by Gasteiger charge is 2.47. The van der Waals surface area contributed by atoms with Crippen LogP contribution in [0.2, 0.25) is 0 Å². The number of para-hydroxylation sites is 1. The second-order valence-corrected chi connectivity index (χ2v) is 10.5. The smallest absolute Gasteiger partial charge is 0.327 e. The molecule has 36 heavy (non-hydrogen) atoms. The van der Waals surface area contributed by atoms with Crippen LogP contribution in [-0.4, -0.2) is 39.4 Å². The Morgan fingerprint density at radius 1 is 1.14 bits per heavy atom. The van der Waals surface area contributed by atoms with Gasteiger partial charge >= 0.3 is 6.03 Å². The number of pyridine rings is 1. The van der Waals surface area contributed by atoms with Crippen LogP contribution in [0.1, 0.15) is 36.4 Å². The van der Waals surface area contributed by atoms with Gasteiger partial charge in [0, 0.05) is 11.8 Å². The van der Waals surface area contributed by atoms with Crippen molar-refractivity contribution in [1.82, 2.24) is 15.6 Å². The van der Waals surface area contributed by atoms with E-state index in [9.17, 15) is 14.7 Å². The number of amides is 3. The minimum Gasteiger partial charge on any atom is -0.457 e. The number of hydrogen-bond donors (Lipinski definition) is 3. The molecule has 2 aromatic carbocycles. The normalized spacial score (nSPS) is 24.3. The fourth-order valence-corrected chi connectivity index (χ4v) is 6.44. The third-order valence-electron chi connectivity index (χ3n) is 6.96. The van der Waals surface area contributed by atoms with Gasteiger partial charge in [0.1, 0.15) is 21.8 Å². The lowest BCUT2D eigenvalue weighted by Crippen LogP contribution is -2.51. The van der Waals surface area contributed by atoms with Crippen LogP contribution >= 0.6 is 11.8 Å². The molecular formula is C27H26N4O4S. The van der Waals surface area contributed by atoms with E-state index in [-0.39, 0.29) is 18.0 Å². The molecule has 3 amide bonds. The zero-order chi connectivity index (χ0) is 24.8. The summed E-state index contributed by atoms with van der Waals surface area (Å²) in [6, 6.07) is 15.9. The molecule has 0 bridgehead atoms. The largest absolute Gasteiger partial charge is 0.457 e. The van der Waals surface area contributed by atoms with Gasteiger partial charge in [0.2, 0.25) is 5.91 Å². The van der Waals surface area contributed by atoms with Crippen LogP contribution in [0, 0.1) is 6.92 Å². The number of aromatic nitrogens is 1. The van der Waals surface area contributed by atoms with Gasteiger partial charge in [-0.25, -0.2) is 9.78 Å². The first-order valence-electron chi connectivity index (χ1n) is 12.1. The standard InChI is InChI=1S/C27H26N4O4S/c1-15-14-17(35-16-6-3-2-4-7-16)10-11-19(15)31-20-12-13-28-26-22(20)23(30-27(31)34)24(36-26)25(33)29-18-8-5-9-21(18)32/h2-4,6-7,10-14,18,21,23-24,32H,5,8-9H2,1H3,(H,29,33)(H,30,34)/t18-,21+,23?,24?/m1/s1. The first-order valence-corrected chi connectivity index (χ1v) is 13.0. The summed E-state index contributed by atoms with van der Waals surface area (Å²) in [5.74, 6) is 1.23. The summed E-state index contributed by atoms with van der Waals surface area (Å²) in [6.45, 7) is 1.94. The molecule has 1 fully saturated rings. The number of nitrogens with one attached hydrogen (secondary N) is 2. The van der Waals surface area contributed by atoms with Crippen molar-refractivity contribution in [2.24, 2.45) is 0 Å². The molecule has 3 N–H and O–H groups in total. The number of aryl methyl sites for hydroxylation is 1. The molecule has 3 heterocycles. The Balaban J connectivity index is 1.28. The van der Waals surface area contributed by atoms with Crippen molar-refractivity contribution < 1.29 is 19.4 Å². The summed E-state index contributed by atoms with van der Waals surface area (Å²) in [5.41, 5.74) is 3.17. The highest BCUT2D eigenvalue weighted by atomic mass is 32.2. The van der Waals surface area contributed by atoms with Crippen LogP contribution in [0.15, 0.2) is 65.8 Å². The lowest BCUT2D eigenvalue weighted by molar-refractivity contribution is -0.122. The maximum Gasteiger partial charge on any atom is 0.327 e. The molecule has 2 unspecified atom stereocenters. The molecule has 9 heteroatoms. The van der Waals surface area contributed by atoms with Crippen LogP contribution in [0.5, 0.6) is 11.5 Å². The molecule has 1 aromatic heterocycles. The van der Waals surface area contributed by atoms with Gasteiger partial charge in [-0.2, -0.15) is 0 Å². The molecule has 3 aliphatic rings. The molecule has 1 saturated carbocycles. The van der Waals surface area contributed by atoms with Crippen LogP contribution < -0.4 is 20.3 Å². The van der Waals surface area contributed by atoms with E-state index in [0.29, 0.717) is 12.2 Å². The summed E-state index contributed by atoms with van der Waals surface area (Å²) < 4.78 is 5.95. The molecule has 2 aliphatic heterocycles. The number of carbonyl (C=O) groups excluding carboxylic acids is 2.